The lowest BCUT2D eigenvalue weighted by Crippen LogP contribution is -2.14. The fraction of sp³-hybridized carbons (Fsp3) is 1.00. The summed E-state index contributed by atoms with van der Waals surface area (Å²) in [5.74, 6) is 5.21. The molecule has 0 aromatic heterocycles. The van der Waals surface area contributed by atoms with Crippen molar-refractivity contribution in [1.82, 2.24) is 0 Å². The van der Waals surface area contributed by atoms with Crippen molar-refractivity contribution in [2.75, 3.05) is 0 Å². The average Bonchev–Trinajstić information content (AvgIpc) is 1.69. The van der Waals surface area contributed by atoms with Crippen LogP contribution in [0.1, 0.15) is 6.42 Å². The first-order valence-electron chi connectivity index (χ1n) is 2.48. The van der Waals surface area contributed by atoms with E-state index in [-0.39, 0.29) is 0 Å². The number of hydrogen-bond acceptors (Lipinski definition) is 0. The largest absolute Gasteiger partial charge is 0.0464 e. The summed E-state index contributed by atoms with van der Waals surface area (Å²) in [5, 5.41) is 0. The third kappa shape index (κ3) is 0.0400. The number of hydrogen-bond donors (Lipinski definition) is 0. The molecular formula is C5H6. The first-order valence-corrected chi connectivity index (χ1v) is 2.48. The average molecular weight is 66.1 g/mol. The van der Waals surface area contributed by atoms with E-state index in [0.29, 0.717) is 0 Å². The Morgan fingerprint density at radius 1 is 1.00 bits per heavy atom. The van der Waals surface area contributed by atoms with Gasteiger partial charge in [0.15, 0.2) is 0 Å². The zero-order chi connectivity index (χ0) is 3.02. The quantitative estimate of drug-likeness (QED) is 0.394. The van der Waals surface area contributed by atoms with Gasteiger partial charge in [-0.05, 0) is 30.1 Å². The molecule has 0 amide bonds. The lowest BCUT2D eigenvalue weighted by Gasteiger charge is -2.21. The Kier molecular flexibility index (Phi) is 0.0696. The van der Waals surface area contributed by atoms with E-state index in [9.17, 15) is 0 Å². The summed E-state index contributed by atoms with van der Waals surface area (Å²) in [7, 11) is 0. The van der Waals surface area contributed by atoms with E-state index < -0.39 is 0 Å². The van der Waals surface area contributed by atoms with Crippen LogP contribution in [-0.4, -0.2) is 0 Å². The molecule has 4 saturated carbocycles. The lowest BCUT2D eigenvalue weighted by molar-refractivity contribution is 0.273. The van der Waals surface area contributed by atoms with Crippen molar-refractivity contribution in [3.8, 4) is 0 Å². The summed E-state index contributed by atoms with van der Waals surface area (Å²) in [6.07, 6.45) is 1.62. The van der Waals surface area contributed by atoms with Gasteiger partial charge in [0, 0.05) is 0 Å². The van der Waals surface area contributed by atoms with Crippen molar-refractivity contribution in [2.45, 2.75) is 6.42 Å². The van der Waals surface area contributed by atoms with Crippen molar-refractivity contribution in [2.24, 2.45) is 23.7 Å². The molecule has 5 heavy (non-hydrogen) atoms. The Balaban J connectivity index is 2.39. The van der Waals surface area contributed by atoms with Gasteiger partial charge in [-0.2, -0.15) is 0 Å². The molecule has 4 rings (SSSR count). The van der Waals surface area contributed by atoms with Crippen LogP contribution in [0.2, 0.25) is 0 Å². The minimum Gasteiger partial charge on any atom is -0.0464 e. The zero-order valence-electron chi connectivity index (χ0n) is 3.02. The maximum absolute atomic E-state index is 1.62. The van der Waals surface area contributed by atoms with Gasteiger partial charge >= 0.3 is 0 Å². The molecule has 4 aliphatic carbocycles. The predicted molar refractivity (Wildman–Crippen MR) is 18.6 cm³/mol. The van der Waals surface area contributed by atoms with Crippen LogP contribution in [0.4, 0.5) is 0 Å². The van der Waals surface area contributed by atoms with E-state index in [4.69, 9.17) is 0 Å². The van der Waals surface area contributed by atoms with E-state index in [2.05, 4.69) is 0 Å². The zero-order valence-corrected chi connectivity index (χ0v) is 3.02. The van der Waals surface area contributed by atoms with E-state index in [0.717, 1.165) is 0 Å². The highest BCUT2D eigenvalue weighted by Crippen LogP contribution is 2.87. The summed E-state index contributed by atoms with van der Waals surface area (Å²) < 4.78 is 0. The standard InChI is InChI=1S/C5H6/c1-2-4-3(1)5(2)4/h2-5H,1H2. The molecule has 0 heterocycles. The molecule has 4 fully saturated rings. The first kappa shape index (κ1) is 1.63. The molecule has 2 bridgehead atoms. The van der Waals surface area contributed by atoms with Gasteiger partial charge in [-0.1, -0.05) is 0 Å². The van der Waals surface area contributed by atoms with Crippen LogP contribution in [0.5, 0.6) is 0 Å². The highest BCUT2D eigenvalue weighted by atomic mass is 14.9. The molecule has 0 saturated heterocycles. The van der Waals surface area contributed by atoms with Crippen LogP contribution >= 0.6 is 0 Å². The van der Waals surface area contributed by atoms with Gasteiger partial charge in [0.2, 0.25) is 0 Å². The van der Waals surface area contributed by atoms with Crippen molar-refractivity contribution in [3.63, 3.8) is 0 Å². The Labute approximate surface area is 31.2 Å². The molecule has 0 aromatic rings. The van der Waals surface area contributed by atoms with Crippen LogP contribution in [0.25, 0.3) is 0 Å². The van der Waals surface area contributed by atoms with Gasteiger partial charge in [0.25, 0.3) is 0 Å². The second kappa shape index (κ2) is 0.213. The second-order valence-electron chi connectivity index (χ2n) is 2.72. The number of rotatable bonds is 0. The minimum atomic E-state index is 1.29. The van der Waals surface area contributed by atoms with E-state index in [1.807, 2.05) is 0 Å². The molecule has 0 spiro atoms. The maximum Gasteiger partial charge on any atom is -0.0318 e. The fourth-order valence-corrected chi connectivity index (χ4v) is 1.90. The summed E-state index contributed by atoms with van der Waals surface area (Å²) in [6, 6.07) is 0. The first-order chi connectivity index (χ1) is 2.48. The molecule has 0 N–H and O–H groups in total. The molecule has 4 aliphatic rings. The summed E-state index contributed by atoms with van der Waals surface area (Å²) in [6.45, 7) is 0. The van der Waals surface area contributed by atoms with Gasteiger partial charge < -0.3 is 0 Å². The summed E-state index contributed by atoms with van der Waals surface area (Å²) in [4.78, 5) is 0. The Morgan fingerprint density at radius 2 is 1.40 bits per heavy atom. The highest BCUT2D eigenvalue weighted by molar-refractivity contribution is 5.30. The third-order valence-electron chi connectivity index (χ3n) is 2.68. The van der Waals surface area contributed by atoms with Crippen molar-refractivity contribution in [1.29, 1.82) is 0 Å². The molecule has 0 aromatic carbocycles. The third-order valence-corrected chi connectivity index (χ3v) is 2.68. The van der Waals surface area contributed by atoms with Crippen LogP contribution in [-0.2, 0) is 0 Å². The maximum atomic E-state index is 1.62. The molecule has 0 atom stereocenters. The Bertz CT molecular complexity index is 64.2. The van der Waals surface area contributed by atoms with E-state index in [1.165, 1.54) is 23.7 Å². The fourth-order valence-electron chi connectivity index (χ4n) is 1.90. The van der Waals surface area contributed by atoms with Gasteiger partial charge in [-0.15, -0.1) is 0 Å². The topological polar surface area (TPSA) is 0 Å². The Hall–Kier alpha value is 0. The molecular weight excluding hydrogens is 60.1 g/mol. The van der Waals surface area contributed by atoms with Gasteiger partial charge in [-0.3, -0.25) is 0 Å². The molecule has 0 nitrogen and oxygen atoms in total. The van der Waals surface area contributed by atoms with Gasteiger partial charge in [0.1, 0.15) is 0 Å². The summed E-state index contributed by atoms with van der Waals surface area (Å²) in [5.41, 5.74) is 0. The van der Waals surface area contributed by atoms with Gasteiger partial charge in [0.05, 0.1) is 0 Å². The van der Waals surface area contributed by atoms with Crippen LogP contribution in [0.15, 0.2) is 0 Å². The monoisotopic (exact) mass is 66.0 g/mol. The second-order valence-corrected chi connectivity index (χ2v) is 2.72. The predicted octanol–water partition coefficient (Wildman–Crippen LogP) is 0.882. The smallest absolute Gasteiger partial charge is 0.0318 e. The van der Waals surface area contributed by atoms with Crippen LogP contribution in [0, 0.1) is 23.7 Å². The van der Waals surface area contributed by atoms with Crippen molar-refractivity contribution < 1.29 is 0 Å². The molecule has 0 heteroatoms. The molecule has 26 valence electrons. The van der Waals surface area contributed by atoms with E-state index >= 15 is 0 Å². The van der Waals surface area contributed by atoms with Gasteiger partial charge in [-0.25, -0.2) is 0 Å². The van der Waals surface area contributed by atoms with Crippen molar-refractivity contribution >= 4 is 0 Å². The normalized spacial score (nSPS) is 91.2. The molecule has 0 aliphatic heterocycles. The van der Waals surface area contributed by atoms with E-state index in [1.54, 1.807) is 6.42 Å². The lowest BCUT2D eigenvalue weighted by atomic mass is 9.83. The van der Waals surface area contributed by atoms with Crippen LogP contribution in [0.3, 0.4) is 0 Å². The van der Waals surface area contributed by atoms with Crippen molar-refractivity contribution in [3.05, 3.63) is 0 Å². The Morgan fingerprint density at radius 3 is 1.40 bits per heavy atom. The highest BCUT2D eigenvalue weighted by Gasteiger charge is 2.82. The minimum absolute atomic E-state index is 1.29. The SMILES string of the molecule is C1C2C3C1C23. The molecule has 0 radical (unpaired) electrons. The summed E-state index contributed by atoms with van der Waals surface area (Å²) >= 11 is 0. The van der Waals surface area contributed by atoms with Crippen LogP contribution < -0.4 is 0 Å². The molecule has 0 unspecified atom stereocenters.